The largest absolute Gasteiger partial charge is 0.484 e. The van der Waals surface area contributed by atoms with E-state index in [0.717, 1.165) is 13.1 Å². The second-order valence-electron chi connectivity index (χ2n) is 6.74. The summed E-state index contributed by atoms with van der Waals surface area (Å²) in [6.07, 6.45) is 1.18. The van der Waals surface area contributed by atoms with Gasteiger partial charge in [0.2, 0.25) is 5.91 Å². The van der Waals surface area contributed by atoms with Crippen LogP contribution < -0.4 is 4.74 Å². The van der Waals surface area contributed by atoms with E-state index in [2.05, 4.69) is 24.0 Å². The van der Waals surface area contributed by atoms with E-state index >= 15 is 0 Å². The molecule has 1 aliphatic rings. The first-order valence-corrected chi connectivity index (χ1v) is 9.97. The molecule has 0 unspecified atom stereocenters. The average molecular weight is 396 g/mol. The predicted molar refractivity (Wildman–Crippen MR) is 100 cm³/mol. The van der Waals surface area contributed by atoms with Crippen LogP contribution in [-0.4, -0.2) is 39.8 Å². The third-order valence-corrected chi connectivity index (χ3v) is 5.22. The van der Waals surface area contributed by atoms with Crippen LogP contribution in [0.1, 0.15) is 26.2 Å². The predicted octanol–water partition coefficient (Wildman–Crippen LogP) is 3.90. The lowest BCUT2D eigenvalue weighted by Crippen LogP contribution is -2.43. The van der Waals surface area contributed by atoms with E-state index in [1.165, 1.54) is 18.2 Å². The summed E-state index contributed by atoms with van der Waals surface area (Å²) < 4.78 is 11.1. The van der Waals surface area contributed by atoms with Crippen LogP contribution in [-0.2, 0) is 11.4 Å². The molecule has 6 nitrogen and oxygen atoms in total. The minimum atomic E-state index is 0.116. The van der Waals surface area contributed by atoms with Crippen LogP contribution in [0, 0.1) is 11.8 Å². The van der Waals surface area contributed by atoms with Gasteiger partial charge >= 0.3 is 0 Å². The second-order valence-corrected chi connectivity index (χ2v) is 8.10. The standard InChI is InChI=1S/C18H22ClN3O3S/c1-12-7-13(2)9-22(8-12)17(23)11-26-18-21-20-16(25-18)10-24-15-5-3-14(19)4-6-15/h3-6,12-13H,7-11H2,1-2H3/t12-,13+. The number of halogens is 1. The van der Waals surface area contributed by atoms with E-state index in [0.29, 0.717) is 39.5 Å². The average Bonchev–Trinajstić information content (AvgIpc) is 3.06. The first-order valence-electron chi connectivity index (χ1n) is 8.61. The fourth-order valence-electron chi connectivity index (χ4n) is 3.11. The van der Waals surface area contributed by atoms with Crippen LogP contribution in [0.4, 0.5) is 0 Å². The summed E-state index contributed by atoms with van der Waals surface area (Å²) in [7, 11) is 0. The number of amides is 1. The van der Waals surface area contributed by atoms with E-state index in [4.69, 9.17) is 20.8 Å². The van der Waals surface area contributed by atoms with Gasteiger partial charge in [0, 0.05) is 18.1 Å². The number of carbonyl (C=O) groups excluding carboxylic acids is 1. The van der Waals surface area contributed by atoms with Gasteiger partial charge in [0.1, 0.15) is 5.75 Å². The van der Waals surface area contributed by atoms with Gasteiger partial charge in [0.15, 0.2) is 6.61 Å². The summed E-state index contributed by atoms with van der Waals surface area (Å²) in [5, 5.41) is 8.94. The summed E-state index contributed by atoms with van der Waals surface area (Å²) >= 11 is 7.10. The van der Waals surface area contributed by atoms with E-state index < -0.39 is 0 Å². The zero-order chi connectivity index (χ0) is 18.5. The Kier molecular flexibility index (Phi) is 6.43. The number of benzene rings is 1. The molecule has 1 fully saturated rings. The first-order chi connectivity index (χ1) is 12.5. The van der Waals surface area contributed by atoms with E-state index in [9.17, 15) is 4.79 Å². The molecule has 2 atom stereocenters. The van der Waals surface area contributed by atoms with Crippen molar-refractivity contribution in [2.24, 2.45) is 11.8 Å². The Labute approximate surface area is 162 Å². The first kappa shape index (κ1) is 19.0. The van der Waals surface area contributed by atoms with Gasteiger partial charge < -0.3 is 14.1 Å². The normalized spacial score (nSPS) is 20.2. The van der Waals surface area contributed by atoms with Crippen LogP contribution in [0.5, 0.6) is 5.75 Å². The molecule has 0 spiro atoms. The fourth-order valence-corrected chi connectivity index (χ4v) is 3.92. The smallest absolute Gasteiger partial charge is 0.277 e. The minimum Gasteiger partial charge on any atom is -0.484 e. The van der Waals surface area contributed by atoms with Gasteiger partial charge in [-0.3, -0.25) is 4.79 Å². The monoisotopic (exact) mass is 395 g/mol. The lowest BCUT2D eigenvalue weighted by Gasteiger charge is -2.34. The lowest BCUT2D eigenvalue weighted by molar-refractivity contribution is -0.130. The van der Waals surface area contributed by atoms with Crippen molar-refractivity contribution in [3.05, 3.63) is 35.2 Å². The summed E-state index contributed by atoms with van der Waals surface area (Å²) in [6, 6.07) is 7.04. The Morgan fingerprint density at radius 3 is 2.65 bits per heavy atom. The number of hydrogen-bond donors (Lipinski definition) is 0. The van der Waals surface area contributed by atoms with Crippen LogP contribution >= 0.6 is 23.4 Å². The Morgan fingerprint density at radius 1 is 1.27 bits per heavy atom. The van der Waals surface area contributed by atoms with Crippen molar-refractivity contribution >= 4 is 29.3 Å². The number of thioether (sulfide) groups is 1. The summed E-state index contributed by atoms with van der Waals surface area (Å²) in [5.41, 5.74) is 0. The van der Waals surface area contributed by atoms with Crippen molar-refractivity contribution in [1.82, 2.24) is 15.1 Å². The van der Waals surface area contributed by atoms with E-state index in [1.807, 2.05) is 4.90 Å². The van der Waals surface area contributed by atoms with Gasteiger partial charge in [-0.1, -0.05) is 37.2 Å². The highest BCUT2D eigenvalue weighted by Gasteiger charge is 2.25. The fraction of sp³-hybridized carbons (Fsp3) is 0.500. The molecule has 0 bridgehead atoms. The highest BCUT2D eigenvalue weighted by molar-refractivity contribution is 7.99. The van der Waals surface area contributed by atoms with Crippen LogP contribution in [0.2, 0.25) is 5.02 Å². The third kappa shape index (κ3) is 5.38. The molecule has 0 aliphatic carbocycles. The molecule has 8 heteroatoms. The van der Waals surface area contributed by atoms with Gasteiger partial charge in [0.25, 0.3) is 11.1 Å². The van der Waals surface area contributed by atoms with Crippen molar-refractivity contribution in [3.8, 4) is 5.75 Å². The molecule has 1 aromatic carbocycles. The number of hydrogen-bond acceptors (Lipinski definition) is 6. The molecule has 140 valence electrons. The van der Waals surface area contributed by atoms with Gasteiger partial charge in [-0.05, 0) is 42.5 Å². The molecule has 0 radical (unpaired) electrons. The molecule has 2 heterocycles. The van der Waals surface area contributed by atoms with Crippen LogP contribution in [0.15, 0.2) is 33.9 Å². The van der Waals surface area contributed by atoms with Gasteiger partial charge in [0.05, 0.1) is 5.75 Å². The van der Waals surface area contributed by atoms with E-state index in [-0.39, 0.29) is 12.5 Å². The number of piperidine rings is 1. The maximum absolute atomic E-state index is 12.4. The van der Waals surface area contributed by atoms with Crippen molar-refractivity contribution in [1.29, 1.82) is 0 Å². The molecular weight excluding hydrogens is 374 g/mol. The number of aromatic nitrogens is 2. The third-order valence-electron chi connectivity index (χ3n) is 4.16. The molecule has 0 N–H and O–H groups in total. The molecule has 1 saturated heterocycles. The topological polar surface area (TPSA) is 68.5 Å². The Morgan fingerprint density at radius 2 is 1.96 bits per heavy atom. The molecule has 1 aromatic heterocycles. The van der Waals surface area contributed by atoms with Gasteiger partial charge in [-0.15, -0.1) is 10.2 Å². The number of rotatable bonds is 6. The second kappa shape index (κ2) is 8.77. The number of carbonyl (C=O) groups is 1. The highest BCUT2D eigenvalue weighted by Crippen LogP contribution is 2.23. The number of likely N-dealkylation sites (tertiary alicyclic amines) is 1. The molecular formula is C18H22ClN3O3S. The lowest BCUT2D eigenvalue weighted by atomic mass is 9.92. The summed E-state index contributed by atoms with van der Waals surface area (Å²) in [6.45, 7) is 6.20. The van der Waals surface area contributed by atoms with Crippen molar-refractivity contribution in [3.63, 3.8) is 0 Å². The van der Waals surface area contributed by atoms with Crippen LogP contribution in [0.3, 0.4) is 0 Å². The molecule has 0 saturated carbocycles. The van der Waals surface area contributed by atoms with Crippen molar-refractivity contribution in [2.75, 3.05) is 18.8 Å². The zero-order valence-electron chi connectivity index (χ0n) is 14.9. The maximum atomic E-state index is 12.4. The molecule has 3 rings (SSSR count). The Balaban J connectivity index is 1.46. The highest BCUT2D eigenvalue weighted by atomic mass is 35.5. The number of nitrogens with zero attached hydrogens (tertiary/aromatic N) is 3. The van der Waals surface area contributed by atoms with E-state index in [1.54, 1.807) is 24.3 Å². The van der Waals surface area contributed by atoms with Crippen molar-refractivity contribution in [2.45, 2.75) is 32.1 Å². The Hall–Kier alpha value is -1.73. The van der Waals surface area contributed by atoms with Crippen LogP contribution in [0.25, 0.3) is 0 Å². The molecule has 2 aromatic rings. The SMILES string of the molecule is C[C@@H]1C[C@H](C)CN(C(=O)CSc2nnc(COc3ccc(Cl)cc3)o2)C1. The quantitative estimate of drug-likeness (QED) is 0.691. The minimum absolute atomic E-state index is 0.116. The maximum Gasteiger partial charge on any atom is 0.277 e. The summed E-state index contributed by atoms with van der Waals surface area (Å²) in [5.74, 6) is 2.56. The molecule has 1 aliphatic heterocycles. The molecule has 26 heavy (non-hydrogen) atoms. The summed E-state index contributed by atoms with van der Waals surface area (Å²) in [4.78, 5) is 14.3. The van der Waals surface area contributed by atoms with Gasteiger partial charge in [-0.25, -0.2) is 0 Å². The van der Waals surface area contributed by atoms with Gasteiger partial charge in [-0.2, -0.15) is 0 Å². The van der Waals surface area contributed by atoms with Crippen molar-refractivity contribution < 1.29 is 13.9 Å². The zero-order valence-corrected chi connectivity index (χ0v) is 16.4. The Bertz CT molecular complexity index is 728. The molecule has 1 amide bonds. The number of ether oxygens (including phenoxy) is 1.